The maximum absolute atomic E-state index is 15.0. The third kappa shape index (κ3) is 9.80. The fourth-order valence-corrected chi connectivity index (χ4v) is 7.60. The number of aromatic nitrogens is 2. The fraction of sp³-hybridized carbons (Fsp3) is 0.463. The minimum absolute atomic E-state index is 0.0174. The van der Waals surface area contributed by atoms with Gasteiger partial charge in [0.05, 0.1) is 17.8 Å². The fourth-order valence-electron chi connectivity index (χ4n) is 7.60. The second-order valence-electron chi connectivity index (χ2n) is 15.4. The van der Waals surface area contributed by atoms with E-state index in [2.05, 4.69) is 0 Å². The number of hydrogen-bond donors (Lipinski definition) is 2. The molecule has 13 heteroatoms. The van der Waals surface area contributed by atoms with E-state index < -0.39 is 41.6 Å². The summed E-state index contributed by atoms with van der Waals surface area (Å²) in [6, 6.07) is 10.9. The zero-order chi connectivity index (χ0) is 39.2. The van der Waals surface area contributed by atoms with E-state index in [-0.39, 0.29) is 73.3 Å². The lowest BCUT2D eigenvalue weighted by molar-refractivity contribution is -0.140. The molecule has 2 heterocycles. The van der Waals surface area contributed by atoms with E-state index in [4.69, 9.17) is 10.8 Å². The van der Waals surface area contributed by atoms with Crippen LogP contribution in [0.3, 0.4) is 0 Å². The molecule has 0 saturated heterocycles. The first-order valence-corrected chi connectivity index (χ1v) is 18.5. The predicted molar refractivity (Wildman–Crippen MR) is 197 cm³/mol. The Morgan fingerprint density at radius 3 is 2.41 bits per heavy atom. The average Bonchev–Trinajstić information content (AvgIpc) is 3.86. The van der Waals surface area contributed by atoms with Gasteiger partial charge in [-0.25, -0.2) is 13.5 Å². The maximum Gasteiger partial charge on any atom is 0.253 e. The molecule has 5 rings (SSSR count). The summed E-state index contributed by atoms with van der Waals surface area (Å²) in [5.41, 5.74) is 7.71. The monoisotopic (exact) mass is 745 g/mol. The van der Waals surface area contributed by atoms with Crippen LogP contribution in [0.4, 0.5) is 8.78 Å². The Balaban J connectivity index is 1.28. The third-order valence-electron chi connectivity index (χ3n) is 10.3. The van der Waals surface area contributed by atoms with Gasteiger partial charge in [0.25, 0.3) is 11.8 Å². The van der Waals surface area contributed by atoms with E-state index >= 15 is 4.39 Å². The summed E-state index contributed by atoms with van der Waals surface area (Å²) >= 11 is 0. The molecule has 0 spiro atoms. The number of carbonyl (C=O) groups is 5. The third-order valence-corrected chi connectivity index (χ3v) is 10.3. The Labute approximate surface area is 314 Å². The highest BCUT2D eigenvalue weighted by Crippen LogP contribution is 2.40. The van der Waals surface area contributed by atoms with Crippen LogP contribution in [0, 0.1) is 28.9 Å². The maximum atomic E-state index is 15.0. The number of hydrogen-bond acceptors (Lipinski definition) is 8. The van der Waals surface area contributed by atoms with Gasteiger partial charge in [-0.3, -0.25) is 28.9 Å². The van der Waals surface area contributed by atoms with Crippen molar-refractivity contribution >= 4 is 29.3 Å². The predicted octanol–water partition coefficient (Wildman–Crippen LogP) is 5.02. The molecule has 1 aliphatic carbocycles. The van der Waals surface area contributed by atoms with Crippen LogP contribution in [0.5, 0.6) is 0 Å². The number of Topliss-reactive ketones (excluding diaryl/α,β-unsaturated/α-hetero) is 2. The highest BCUT2D eigenvalue weighted by molar-refractivity contribution is 6.12. The van der Waals surface area contributed by atoms with Crippen molar-refractivity contribution in [2.75, 3.05) is 19.7 Å². The van der Waals surface area contributed by atoms with Crippen LogP contribution >= 0.6 is 0 Å². The summed E-state index contributed by atoms with van der Waals surface area (Å²) < 4.78 is 30.6. The average molecular weight is 746 g/mol. The lowest BCUT2D eigenvalue weighted by Crippen LogP contribution is -2.46. The molecule has 1 aromatic heterocycles. The molecular formula is C41H49F2N5O6. The standard InChI is InChI=1S/C41H49F2N5O6/c1-41(2,3)40(39-29(20-26-8-5-4-6-9-26)24-48(45-39)33-23-30(42)13-14-31(33)43)47(38(54)25-49)19-17-32(44)35(51)22-27-11-12-28(21-27)34(50)10-7-18-46-36(52)15-16-37(46)53/h4-6,8-9,13-16,23-24,27-28,32,40,49H,7,10-12,17-22,25,44H2,1-3H3/t27-,28+,32-,40-/m0/s1. The van der Waals surface area contributed by atoms with E-state index in [9.17, 15) is 33.5 Å². The normalized spacial score (nSPS) is 18.3. The molecule has 1 fully saturated rings. The topological polar surface area (TPSA) is 156 Å². The van der Waals surface area contributed by atoms with Gasteiger partial charge in [-0.15, -0.1) is 0 Å². The molecule has 1 aliphatic heterocycles. The van der Waals surface area contributed by atoms with Crippen molar-refractivity contribution in [2.24, 2.45) is 23.0 Å². The van der Waals surface area contributed by atoms with Crippen molar-refractivity contribution in [1.29, 1.82) is 0 Å². The number of ketones is 2. The Bertz CT molecular complexity index is 1870. The lowest BCUT2D eigenvalue weighted by atomic mass is 9.81. The number of amides is 3. The zero-order valence-electron chi connectivity index (χ0n) is 31.0. The number of benzene rings is 2. The van der Waals surface area contributed by atoms with Gasteiger partial charge in [0, 0.05) is 68.2 Å². The van der Waals surface area contributed by atoms with E-state index in [0.29, 0.717) is 43.4 Å². The first kappa shape index (κ1) is 40.3. The summed E-state index contributed by atoms with van der Waals surface area (Å²) in [7, 11) is 0. The molecule has 3 N–H and O–H groups in total. The van der Waals surface area contributed by atoms with Crippen molar-refractivity contribution in [2.45, 2.75) is 84.2 Å². The van der Waals surface area contributed by atoms with Gasteiger partial charge >= 0.3 is 0 Å². The Kier molecular flexibility index (Phi) is 13.1. The minimum Gasteiger partial charge on any atom is -0.387 e. The van der Waals surface area contributed by atoms with Crippen molar-refractivity contribution in [1.82, 2.24) is 19.6 Å². The van der Waals surface area contributed by atoms with Gasteiger partial charge in [0.2, 0.25) is 5.91 Å². The van der Waals surface area contributed by atoms with Gasteiger partial charge in [0.1, 0.15) is 35.5 Å². The zero-order valence-corrected chi connectivity index (χ0v) is 31.0. The van der Waals surface area contributed by atoms with Crippen molar-refractivity contribution in [3.63, 3.8) is 0 Å². The molecule has 54 heavy (non-hydrogen) atoms. The number of imide groups is 1. The molecule has 3 amide bonds. The summed E-state index contributed by atoms with van der Waals surface area (Å²) in [4.78, 5) is 65.9. The highest BCUT2D eigenvalue weighted by atomic mass is 19.1. The van der Waals surface area contributed by atoms with Gasteiger partial charge in [0.15, 0.2) is 0 Å². The molecule has 288 valence electrons. The second-order valence-corrected chi connectivity index (χ2v) is 15.4. The smallest absolute Gasteiger partial charge is 0.253 e. The molecule has 3 aromatic rings. The van der Waals surface area contributed by atoms with E-state index in [1.54, 1.807) is 6.20 Å². The van der Waals surface area contributed by atoms with Crippen molar-refractivity contribution < 1.29 is 37.9 Å². The van der Waals surface area contributed by atoms with Crippen LogP contribution in [0.25, 0.3) is 5.69 Å². The molecule has 0 radical (unpaired) electrons. The van der Waals surface area contributed by atoms with E-state index in [1.165, 1.54) is 21.7 Å². The van der Waals surface area contributed by atoms with Gasteiger partial charge in [-0.2, -0.15) is 5.10 Å². The van der Waals surface area contributed by atoms with E-state index in [1.807, 2.05) is 51.1 Å². The van der Waals surface area contributed by atoms with Crippen LogP contribution in [-0.2, 0) is 30.4 Å². The molecule has 2 aliphatic rings. The highest BCUT2D eigenvalue weighted by Gasteiger charge is 2.39. The molecule has 0 bridgehead atoms. The minimum atomic E-state index is -0.916. The van der Waals surface area contributed by atoms with Crippen LogP contribution in [0.15, 0.2) is 66.9 Å². The van der Waals surface area contributed by atoms with Crippen LogP contribution in [0.1, 0.15) is 88.6 Å². The second kappa shape index (κ2) is 17.5. The van der Waals surface area contributed by atoms with Gasteiger partial charge < -0.3 is 15.7 Å². The number of rotatable bonds is 17. The lowest BCUT2D eigenvalue weighted by Gasteiger charge is -2.40. The van der Waals surface area contributed by atoms with Crippen LogP contribution in [0.2, 0.25) is 0 Å². The van der Waals surface area contributed by atoms with Crippen LogP contribution < -0.4 is 5.73 Å². The SMILES string of the molecule is CC(C)(C)[C@H](c1nn(-c2cc(F)ccc2F)cc1Cc1ccccc1)N(CC[C@H](N)C(=O)C[C@H]1CC[C@@H](C(=O)CCCN2C(=O)C=CC2=O)C1)C(=O)CO. The first-order chi connectivity index (χ1) is 25.7. The number of carbonyl (C=O) groups excluding carboxylic acids is 5. The Morgan fingerprint density at radius 1 is 1.04 bits per heavy atom. The summed E-state index contributed by atoms with van der Waals surface area (Å²) in [5, 5.41) is 14.9. The molecule has 0 unspecified atom stereocenters. The molecule has 4 atom stereocenters. The quantitative estimate of drug-likeness (QED) is 0.183. The number of aliphatic hydroxyl groups excluding tert-OH is 1. The summed E-state index contributed by atoms with van der Waals surface area (Å²) in [6.45, 7) is 5.14. The Hall–Kier alpha value is -4.88. The number of aliphatic hydroxyl groups is 1. The van der Waals surface area contributed by atoms with Crippen LogP contribution in [-0.4, -0.2) is 79.7 Å². The number of nitrogens with two attached hydrogens (primary N) is 1. The van der Waals surface area contributed by atoms with Gasteiger partial charge in [-0.1, -0.05) is 51.1 Å². The molecule has 1 saturated carbocycles. The summed E-state index contributed by atoms with van der Waals surface area (Å²) in [6.07, 6.45) is 7.26. The van der Waals surface area contributed by atoms with Crippen molar-refractivity contribution in [3.8, 4) is 5.69 Å². The van der Waals surface area contributed by atoms with E-state index in [0.717, 1.165) is 28.7 Å². The number of halogens is 2. The Morgan fingerprint density at radius 2 is 1.74 bits per heavy atom. The molecule has 11 nitrogen and oxygen atoms in total. The largest absolute Gasteiger partial charge is 0.387 e. The molecule has 2 aromatic carbocycles. The van der Waals surface area contributed by atoms with Gasteiger partial charge in [-0.05, 0) is 61.1 Å². The first-order valence-electron chi connectivity index (χ1n) is 18.5. The van der Waals surface area contributed by atoms with Crippen molar-refractivity contribution in [3.05, 3.63) is 95.3 Å². The molecular weight excluding hydrogens is 696 g/mol. The number of nitrogens with zero attached hydrogens (tertiary/aromatic N) is 4. The summed E-state index contributed by atoms with van der Waals surface area (Å²) in [5.74, 6) is -3.01.